The Morgan fingerprint density at radius 3 is 2.62 bits per heavy atom. The molecule has 8 heteroatoms. The maximum Gasteiger partial charge on any atom is 0.283 e. The highest BCUT2D eigenvalue weighted by molar-refractivity contribution is 14.1. The fourth-order valence-corrected chi connectivity index (χ4v) is 2.76. The number of hydrogen-bond acceptors (Lipinski definition) is 4. The van der Waals surface area contributed by atoms with Crippen molar-refractivity contribution in [1.82, 2.24) is 5.32 Å². The molecular formula is C16H14FIN2O4. The molecule has 0 fully saturated rings. The fourth-order valence-electron chi connectivity index (χ4n) is 1.95. The van der Waals surface area contributed by atoms with Crippen LogP contribution >= 0.6 is 22.6 Å². The molecule has 2 aromatic rings. The standard InChI is InChI=1S/C16H14FIN2O4/c1-10(24-12-7-5-11(17)6-8-12)9-19-16(21)13-3-2-4-14(15(13)18)20(22)23/h2-8,10H,9H2,1H3,(H,19,21)/t10-/m1/s1. The van der Waals surface area contributed by atoms with Crippen LogP contribution in [0, 0.1) is 19.5 Å². The van der Waals surface area contributed by atoms with E-state index >= 15 is 0 Å². The Morgan fingerprint density at radius 1 is 1.33 bits per heavy atom. The largest absolute Gasteiger partial charge is 0.489 e. The topological polar surface area (TPSA) is 81.5 Å². The normalized spacial score (nSPS) is 11.6. The average Bonchev–Trinajstić information content (AvgIpc) is 2.54. The first-order chi connectivity index (χ1) is 11.4. The summed E-state index contributed by atoms with van der Waals surface area (Å²) in [6, 6.07) is 9.90. The van der Waals surface area contributed by atoms with Crippen molar-refractivity contribution in [1.29, 1.82) is 0 Å². The van der Waals surface area contributed by atoms with Crippen LogP contribution in [0.3, 0.4) is 0 Å². The van der Waals surface area contributed by atoms with E-state index in [2.05, 4.69) is 5.32 Å². The Labute approximate surface area is 151 Å². The van der Waals surface area contributed by atoms with E-state index in [0.717, 1.165) is 0 Å². The van der Waals surface area contributed by atoms with Gasteiger partial charge in [0.15, 0.2) is 0 Å². The van der Waals surface area contributed by atoms with Crippen molar-refractivity contribution in [2.24, 2.45) is 0 Å². The van der Waals surface area contributed by atoms with E-state index in [0.29, 0.717) is 5.75 Å². The Balaban J connectivity index is 1.96. The quantitative estimate of drug-likeness (QED) is 0.420. The third-order valence-electron chi connectivity index (χ3n) is 3.12. The Bertz CT molecular complexity index is 752. The molecule has 0 aliphatic heterocycles. The van der Waals surface area contributed by atoms with Crippen LogP contribution in [0.15, 0.2) is 42.5 Å². The maximum absolute atomic E-state index is 12.8. The van der Waals surface area contributed by atoms with Crippen LogP contribution in [0.25, 0.3) is 0 Å². The van der Waals surface area contributed by atoms with Crippen LogP contribution in [-0.2, 0) is 0 Å². The molecule has 2 aromatic carbocycles. The molecule has 1 amide bonds. The van der Waals surface area contributed by atoms with Crippen molar-refractivity contribution in [3.63, 3.8) is 0 Å². The molecule has 0 heterocycles. The van der Waals surface area contributed by atoms with Gasteiger partial charge in [0.2, 0.25) is 0 Å². The molecule has 1 atom stereocenters. The van der Waals surface area contributed by atoms with Gasteiger partial charge in [0, 0.05) is 6.07 Å². The summed E-state index contributed by atoms with van der Waals surface area (Å²) in [6.07, 6.45) is -0.351. The highest BCUT2D eigenvalue weighted by atomic mass is 127. The van der Waals surface area contributed by atoms with E-state index in [-0.39, 0.29) is 33.3 Å². The molecule has 0 aromatic heterocycles. The Morgan fingerprint density at radius 2 is 2.00 bits per heavy atom. The van der Waals surface area contributed by atoms with Crippen LogP contribution < -0.4 is 10.1 Å². The van der Waals surface area contributed by atoms with E-state index < -0.39 is 10.8 Å². The molecule has 0 unspecified atom stereocenters. The predicted molar refractivity (Wildman–Crippen MR) is 94.6 cm³/mol. The number of ether oxygens (including phenoxy) is 1. The van der Waals surface area contributed by atoms with Crippen LogP contribution in [0.5, 0.6) is 5.75 Å². The van der Waals surface area contributed by atoms with Crippen molar-refractivity contribution in [3.8, 4) is 5.75 Å². The number of nitrogens with one attached hydrogen (secondary N) is 1. The zero-order valence-corrected chi connectivity index (χ0v) is 14.8. The molecular weight excluding hydrogens is 430 g/mol. The van der Waals surface area contributed by atoms with E-state index in [1.807, 2.05) is 0 Å². The van der Waals surface area contributed by atoms with E-state index in [1.54, 1.807) is 29.5 Å². The number of hydrogen-bond donors (Lipinski definition) is 1. The van der Waals surface area contributed by atoms with Gasteiger partial charge in [-0.3, -0.25) is 14.9 Å². The van der Waals surface area contributed by atoms with Crippen molar-refractivity contribution >= 4 is 34.2 Å². The van der Waals surface area contributed by atoms with Crippen LogP contribution in [0.2, 0.25) is 0 Å². The highest BCUT2D eigenvalue weighted by Gasteiger charge is 2.19. The molecule has 24 heavy (non-hydrogen) atoms. The number of nitro benzene ring substituents is 1. The molecule has 0 aliphatic carbocycles. The van der Waals surface area contributed by atoms with Gasteiger partial charge in [0.05, 0.1) is 17.0 Å². The van der Waals surface area contributed by atoms with Crippen LogP contribution in [0.1, 0.15) is 17.3 Å². The zero-order chi connectivity index (χ0) is 17.7. The second kappa shape index (κ2) is 8.04. The van der Waals surface area contributed by atoms with Crippen LogP contribution in [-0.4, -0.2) is 23.5 Å². The van der Waals surface area contributed by atoms with Gasteiger partial charge >= 0.3 is 0 Å². The van der Waals surface area contributed by atoms with Gasteiger partial charge in [-0.25, -0.2) is 4.39 Å². The number of nitro groups is 1. The van der Waals surface area contributed by atoms with Gasteiger partial charge in [0.25, 0.3) is 11.6 Å². The van der Waals surface area contributed by atoms with Crippen molar-refractivity contribution in [2.75, 3.05) is 6.54 Å². The lowest BCUT2D eigenvalue weighted by molar-refractivity contribution is -0.385. The first-order valence-corrected chi connectivity index (χ1v) is 8.09. The number of nitrogens with zero attached hydrogens (tertiary/aromatic N) is 1. The number of halogens is 2. The number of rotatable bonds is 6. The maximum atomic E-state index is 12.8. The lowest BCUT2D eigenvalue weighted by Gasteiger charge is -2.15. The minimum atomic E-state index is -0.529. The van der Waals surface area contributed by atoms with Gasteiger partial charge in [-0.1, -0.05) is 6.07 Å². The Kier molecular flexibility index (Phi) is 6.07. The number of carbonyl (C=O) groups excluding carboxylic acids is 1. The smallest absolute Gasteiger partial charge is 0.283 e. The molecule has 1 N–H and O–H groups in total. The predicted octanol–water partition coefficient (Wildman–Crippen LogP) is 3.54. The summed E-state index contributed by atoms with van der Waals surface area (Å²) in [5, 5.41) is 13.6. The molecule has 0 saturated heterocycles. The Hall–Kier alpha value is -2.23. The summed E-state index contributed by atoms with van der Waals surface area (Å²) in [4.78, 5) is 22.6. The molecule has 0 aliphatic rings. The SMILES string of the molecule is C[C@H](CNC(=O)c1cccc([N+](=O)[O-])c1I)Oc1ccc(F)cc1. The third-order valence-corrected chi connectivity index (χ3v) is 4.25. The minimum Gasteiger partial charge on any atom is -0.489 e. The van der Waals surface area contributed by atoms with Crippen molar-refractivity contribution < 1.29 is 18.8 Å². The lowest BCUT2D eigenvalue weighted by Crippen LogP contribution is -2.34. The molecule has 126 valence electrons. The molecule has 0 radical (unpaired) electrons. The van der Waals surface area contributed by atoms with Crippen LogP contribution in [0.4, 0.5) is 10.1 Å². The summed E-state index contributed by atoms with van der Waals surface area (Å²) < 4.78 is 18.7. The van der Waals surface area contributed by atoms with Gasteiger partial charge in [-0.15, -0.1) is 0 Å². The van der Waals surface area contributed by atoms with Gasteiger partial charge < -0.3 is 10.1 Å². The third kappa shape index (κ3) is 4.63. The number of carbonyl (C=O) groups is 1. The summed E-state index contributed by atoms with van der Waals surface area (Å²) in [6.45, 7) is 1.96. The van der Waals surface area contributed by atoms with Gasteiger partial charge in [-0.05, 0) is 59.8 Å². The molecule has 0 spiro atoms. The molecule has 0 bridgehead atoms. The second-order valence-electron chi connectivity index (χ2n) is 4.99. The van der Waals surface area contributed by atoms with Crippen molar-refractivity contribution in [2.45, 2.75) is 13.0 Å². The monoisotopic (exact) mass is 444 g/mol. The minimum absolute atomic E-state index is 0.112. The first kappa shape index (κ1) is 18.1. The van der Waals surface area contributed by atoms with E-state index in [4.69, 9.17) is 4.74 Å². The molecule has 6 nitrogen and oxygen atoms in total. The fraction of sp³-hybridized carbons (Fsp3) is 0.188. The van der Waals surface area contributed by atoms with Gasteiger partial charge in [0.1, 0.15) is 21.2 Å². The summed E-state index contributed by atoms with van der Waals surface area (Å²) in [5.41, 5.74) is 0.123. The highest BCUT2D eigenvalue weighted by Crippen LogP contribution is 2.24. The summed E-state index contributed by atoms with van der Waals surface area (Å²) in [5.74, 6) is -0.288. The summed E-state index contributed by atoms with van der Waals surface area (Å²) >= 11 is 1.78. The van der Waals surface area contributed by atoms with Gasteiger partial charge in [-0.2, -0.15) is 0 Å². The van der Waals surface area contributed by atoms with E-state index in [9.17, 15) is 19.3 Å². The second-order valence-corrected chi connectivity index (χ2v) is 6.07. The van der Waals surface area contributed by atoms with E-state index in [1.165, 1.54) is 42.5 Å². The number of benzene rings is 2. The average molecular weight is 444 g/mol. The lowest BCUT2D eigenvalue weighted by atomic mass is 10.2. The first-order valence-electron chi connectivity index (χ1n) is 7.02. The van der Waals surface area contributed by atoms with Crippen molar-refractivity contribution in [3.05, 3.63) is 67.5 Å². The zero-order valence-electron chi connectivity index (χ0n) is 12.7. The molecule has 2 rings (SSSR count). The summed E-state index contributed by atoms with van der Waals surface area (Å²) in [7, 11) is 0. The molecule has 0 saturated carbocycles. The number of amides is 1.